The minimum absolute atomic E-state index is 0.0982. The average Bonchev–Trinajstić information content (AvgIpc) is 2.48. The van der Waals surface area contributed by atoms with Crippen molar-refractivity contribution in [1.82, 2.24) is 0 Å². The van der Waals surface area contributed by atoms with E-state index in [2.05, 4.69) is 5.32 Å². The van der Waals surface area contributed by atoms with Gasteiger partial charge in [0.1, 0.15) is 0 Å². The highest BCUT2D eigenvalue weighted by molar-refractivity contribution is 5.96. The fourth-order valence-corrected chi connectivity index (χ4v) is 2.35. The normalized spacial score (nSPS) is 18.2. The van der Waals surface area contributed by atoms with Gasteiger partial charge in [-0.2, -0.15) is 0 Å². The summed E-state index contributed by atoms with van der Waals surface area (Å²) in [5.41, 5.74) is 6.53. The van der Waals surface area contributed by atoms with Crippen LogP contribution in [0.15, 0.2) is 18.2 Å². The summed E-state index contributed by atoms with van der Waals surface area (Å²) in [4.78, 5) is 22.7. The fourth-order valence-electron chi connectivity index (χ4n) is 2.35. The topological polar surface area (TPSA) is 102 Å². The summed E-state index contributed by atoms with van der Waals surface area (Å²) in [6.45, 7) is 0.774. The number of hydrogen-bond donors (Lipinski definition) is 3. The van der Waals surface area contributed by atoms with E-state index in [0.717, 1.165) is 25.9 Å². The zero-order valence-corrected chi connectivity index (χ0v) is 11.8. The first-order valence-corrected chi connectivity index (χ1v) is 7.10. The molecule has 1 aliphatic heterocycles. The summed E-state index contributed by atoms with van der Waals surface area (Å²) in [7, 11) is 0. The summed E-state index contributed by atoms with van der Waals surface area (Å²) in [5, 5.41) is 11.6. The molecule has 0 spiro atoms. The van der Waals surface area contributed by atoms with E-state index in [0.29, 0.717) is 18.5 Å². The zero-order valence-electron chi connectivity index (χ0n) is 11.8. The zero-order chi connectivity index (χ0) is 15.2. The third-order valence-corrected chi connectivity index (χ3v) is 3.54. The van der Waals surface area contributed by atoms with Crippen molar-refractivity contribution < 1.29 is 19.4 Å². The molecule has 0 bridgehead atoms. The Morgan fingerprint density at radius 3 is 2.81 bits per heavy atom. The van der Waals surface area contributed by atoms with E-state index in [1.807, 2.05) is 0 Å². The van der Waals surface area contributed by atoms with Gasteiger partial charge in [0.25, 0.3) is 0 Å². The minimum Gasteiger partial charge on any atom is -0.478 e. The van der Waals surface area contributed by atoms with Crippen LogP contribution in [-0.2, 0) is 9.53 Å². The molecule has 114 valence electrons. The predicted molar refractivity (Wildman–Crippen MR) is 79.3 cm³/mol. The molecule has 0 saturated carbocycles. The van der Waals surface area contributed by atoms with Crippen LogP contribution >= 0.6 is 0 Å². The maximum atomic E-state index is 11.9. The smallest absolute Gasteiger partial charge is 0.335 e. The third kappa shape index (κ3) is 4.46. The summed E-state index contributed by atoms with van der Waals surface area (Å²) in [6, 6.07) is 4.26. The van der Waals surface area contributed by atoms with Gasteiger partial charge < -0.3 is 20.9 Å². The van der Waals surface area contributed by atoms with Gasteiger partial charge in [-0.25, -0.2) is 4.79 Å². The number of carbonyl (C=O) groups is 2. The molecule has 1 unspecified atom stereocenters. The Hall–Kier alpha value is -2.08. The van der Waals surface area contributed by atoms with Crippen molar-refractivity contribution in [2.75, 3.05) is 17.7 Å². The summed E-state index contributed by atoms with van der Waals surface area (Å²) in [5.74, 6) is -1.19. The van der Waals surface area contributed by atoms with Crippen LogP contribution in [0.5, 0.6) is 0 Å². The Bertz CT molecular complexity index is 524. The molecule has 1 amide bonds. The van der Waals surface area contributed by atoms with Gasteiger partial charge in [0, 0.05) is 13.0 Å². The van der Waals surface area contributed by atoms with Crippen molar-refractivity contribution in [3.63, 3.8) is 0 Å². The molecular formula is C15H20N2O4. The monoisotopic (exact) mass is 292 g/mol. The van der Waals surface area contributed by atoms with Crippen molar-refractivity contribution >= 4 is 23.3 Å². The highest BCUT2D eigenvalue weighted by Crippen LogP contribution is 2.21. The standard InChI is InChI=1S/C15H20N2O4/c16-12-9-10(15(19)20)4-6-13(12)17-14(18)7-5-11-3-1-2-8-21-11/h4,6,9,11H,1-3,5,7-8,16H2,(H,17,18)(H,19,20). The maximum absolute atomic E-state index is 11.9. The number of nitrogens with two attached hydrogens (primary N) is 1. The first kappa shape index (κ1) is 15.3. The van der Waals surface area contributed by atoms with E-state index < -0.39 is 5.97 Å². The number of amides is 1. The molecule has 4 N–H and O–H groups in total. The van der Waals surface area contributed by atoms with Gasteiger partial charge >= 0.3 is 5.97 Å². The second kappa shape index (κ2) is 7.08. The second-order valence-electron chi connectivity index (χ2n) is 5.18. The number of carbonyl (C=O) groups excluding carboxylic acids is 1. The number of anilines is 2. The molecule has 1 saturated heterocycles. The molecule has 1 aromatic carbocycles. The number of nitrogen functional groups attached to an aromatic ring is 1. The number of aromatic carboxylic acids is 1. The molecule has 1 heterocycles. The fraction of sp³-hybridized carbons (Fsp3) is 0.467. The summed E-state index contributed by atoms with van der Waals surface area (Å²) < 4.78 is 5.57. The summed E-state index contributed by atoms with van der Waals surface area (Å²) in [6.07, 6.45) is 4.47. The number of nitrogens with one attached hydrogen (secondary N) is 1. The van der Waals surface area contributed by atoms with Crippen LogP contribution in [0.2, 0.25) is 0 Å². The highest BCUT2D eigenvalue weighted by atomic mass is 16.5. The molecule has 0 aliphatic carbocycles. The molecule has 1 atom stereocenters. The van der Waals surface area contributed by atoms with Gasteiger partial charge in [0.05, 0.1) is 23.0 Å². The van der Waals surface area contributed by atoms with Crippen LogP contribution in [0.4, 0.5) is 11.4 Å². The average molecular weight is 292 g/mol. The highest BCUT2D eigenvalue weighted by Gasteiger charge is 2.16. The van der Waals surface area contributed by atoms with Gasteiger partial charge in [-0.3, -0.25) is 4.79 Å². The minimum atomic E-state index is -1.05. The lowest BCUT2D eigenvalue weighted by Gasteiger charge is -2.22. The largest absolute Gasteiger partial charge is 0.478 e. The quantitative estimate of drug-likeness (QED) is 0.722. The van der Waals surface area contributed by atoms with Crippen molar-refractivity contribution in [2.45, 2.75) is 38.2 Å². The molecular weight excluding hydrogens is 272 g/mol. The lowest BCUT2D eigenvalue weighted by molar-refractivity contribution is -0.117. The van der Waals surface area contributed by atoms with Gasteiger partial charge in [0.15, 0.2) is 0 Å². The van der Waals surface area contributed by atoms with Crippen LogP contribution in [-0.4, -0.2) is 29.7 Å². The van der Waals surface area contributed by atoms with E-state index in [1.54, 1.807) is 0 Å². The van der Waals surface area contributed by atoms with E-state index in [9.17, 15) is 9.59 Å². The number of ether oxygens (including phenoxy) is 1. The molecule has 0 radical (unpaired) electrons. The number of hydrogen-bond acceptors (Lipinski definition) is 4. The van der Waals surface area contributed by atoms with Crippen molar-refractivity contribution in [2.24, 2.45) is 0 Å². The Balaban J connectivity index is 1.85. The van der Waals surface area contributed by atoms with Crippen molar-refractivity contribution in [1.29, 1.82) is 0 Å². The van der Waals surface area contributed by atoms with E-state index >= 15 is 0 Å². The van der Waals surface area contributed by atoms with Crippen LogP contribution in [0.1, 0.15) is 42.5 Å². The van der Waals surface area contributed by atoms with E-state index in [-0.39, 0.29) is 23.3 Å². The van der Waals surface area contributed by atoms with Gasteiger partial charge in [-0.15, -0.1) is 0 Å². The lowest BCUT2D eigenvalue weighted by Crippen LogP contribution is -2.22. The first-order chi connectivity index (χ1) is 10.1. The first-order valence-electron chi connectivity index (χ1n) is 7.10. The van der Waals surface area contributed by atoms with Crippen LogP contribution < -0.4 is 11.1 Å². The van der Waals surface area contributed by atoms with Crippen molar-refractivity contribution in [3.05, 3.63) is 23.8 Å². The molecule has 0 aromatic heterocycles. The second-order valence-corrected chi connectivity index (χ2v) is 5.18. The van der Waals surface area contributed by atoms with Gasteiger partial charge in [-0.1, -0.05) is 0 Å². The van der Waals surface area contributed by atoms with E-state index in [4.69, 9.17) is 15.6 Å². The molecule has 6 nitrogen and oxygen atoms in total. The van der Waals surface area contributed by atoms with Crippen LogP contribution in [0.25, 0.3) is 0 Å². The molecule has 1 fully saturated rings. The molecule has 1 aromatic rings. The molecule has 21 heavy (non-hydrogen) atoms. The van der Waals surface area contributed by atoms with Gasteiger partial charge in [-0.05, 0) is 43.9 Å². The number of benzene rings is 1. The SMILES string of the molecule is Nc1cc(C(=O)O)ccc1NC(=O)CCC1CCCCO1. The molecule has 2 rings (SSSR count). The van der Waals surface area contributed by atoms with Crippen LogP contribution in [0.3, 0.4) is 0 Å². The van der Waals surface area contributed by atoms with E-state index in [1.165, 1.54) is 18.2 Å². The maximum Gasteiger partial charge on any atom is 0.335 e. The van der Waals surface area contributed by atoms with Crippen LogP contribution in [0, 0.1) is 0 Å². The van der Waals surface area contributed by atoms with Gasteiger partial charge in [0.2, 0.25) is 5.91 Å². The number of carboxylic acid groups (broad SMARTS) is 1. The Labute approximate surface area is 123 Å². The molecule has 6 heteroatoms. The predicted octanol–water partition coefficient (Wildman–Crippen LogP) is 2.25. The Morgan fingerprint density at radius 1 is 1.38 bits per heavy atom. The summed E-state index contributed by atoms with van der Waals surface area (Å²) >= 11 is 0. The molecule has 1 aliphatic rings. The lowest BCUT2D eigenvalue weighted by atomic mass is 10.0. The third-order valence-electron chi connectivity index (χ3n) is 3.54. The number of carboxylic acids is 1. The number of rotatable bonds is 5. The van der Waals surface area contributed by atoms with Crippen molar-refractivity contribution in [3.8, 4) is 0 Å². The Kier molecular flexibility index (Phi) is 5.16. The Morgan fingerprint density at radius 2 is 2.19 bits per heavy atom.